The summed E-state index contributed by atoms with van der Waals surface area (Å²) in [7, 11) is 0. The lowest BCUT2D eigenvalue weighted by molar-refractivity contribution is -0.137. The van der Waals surface area contributed by atoms with Crippen molar-refractivity contribution in [3.05, 3.63) is 47.8 Å². The van der Waals surface area contributed by atoms with Gasteiger partial charge in [0.05, 0.1) is 5.56 Å². The highest BCUT2D eigenvalue weighted by molar-refractivity contribution is 5.55. The van der Waals surface area contributed by atoms with Gasteiger partial charge in [0.25, 0.3) is 0 Å². The van der Waals surface area contributed by atoms with E-state index in [1.165, 1.54) is 18.6 Å². The van der Waals surface area contributed by atoms with Crippen LogP contribution in [0.2, 0.25) is 0 Å². The first-order valence-corrected chi connectivity index (χ1v) is 6.99. The maximum absolute atomic E-state index is 12.5. The quantitative estimate of drug-likeness (QED) is 0.733. The fourth-order valence-corrected chi connectivity index (χ4v) is 2.02. The summed E-state index contributed by atoms with van der Waals surface area (Å²) in [6, 6.07) is 4.89. The molecular weight excluding hydrogens is 277 g/mol. The van der Waals surface area contributed by atoms with E-state index in [0.29, 0.717) is 11.4 Å². The molecule has 0 aliphatic rings. The molecule has 1 heterocycles. The van der Waals surface area contributed by atoms with Gasteiger partial charge in [0.2, 0.25) is 0 Å². The second-order valence-electron chi connectivity index (χ2n) is 4.95. The van der Waals surface area contributed by atoms with Crippen LogP contribution in [0.25, 0.3) is 11.4 Å². The molecule has 0 aliphatic heterocycles. The van der Waals surface area contributed by atoms with Crippen LogP contribution in [-0.4, -0.2) is 9.97 Å². The lowest BCUT2D eigenvalue weighted by Crippen LogP contribution is -2.04. The third-order valence-electron chi connectivity index (χ3n) is 3.24. The van der Waals surface area contributed by atoms with Crippen LogP contribution >= 0.6 is 0 Å². The first-order chi connectivity index (χ1) is 10.0. The average Bonchev–Trinajstić information content (AvgIpc) is 2.48. The van der Waals surface area contributed by atoms with Crippen molar-refractivity contribution in [2.45, 2.75) is 38.8 Å². The van der Waals surface area contributed by atoms with Gasteiger partial charge in [-0.2, -0.15) is 13.2 Å². The molecule has 1 aromatic heterocycles. The third-order valence-corrected chi connectivity index (χ3v) is 3.24. The number of nitrogens with zero attached hydrogens (tertiary/aromatic N) is 2. The molecule has 0 bridgehead atoms. The van der Waals surface area contributed by atoms with E-state index in [2.05, 4.69) is 16.9 Å². The number of halogens is 3. The first-order valence-electron chi connectivity index (χ1n) is 6.99. The largest absolute Gasteiger partial charge is 0.416 e. The van der Waals surface area contributed by atoms with Gasteiger partial charge in [0.1, 0.15) is 0 Å². The number of unbranched alkanes of at least 4 members (excludes halogenated alkanes) is 2. The lowest BCUT2D eigenvalue weighted by atomic mass is 10.1. The standard InChI is InChI=1S/C16H17F3N2/c1-2-3-4-5-12-10-20-15(21-11-12)13-6-8-14(9-7-13)16(17,18)19/h6-11H,2-5H2,1H3. The van der Waals surface area contributed by atoms with Crippen LogP contribution < -0.4 is 0 Å². The van der Waals surface area contributed by atoms with Crippen molar-refractivity contribution in [1.29, 1.82) is 0 Å². The highest BCUT2D eigenvalue weighted by Gasteiger charge is 2.30. The summed E-state index contributed by atoms with van der Waals surface area (Å²) in [5, 5.41) is 0. The molecule has 0 aliphatic carbocycles. The van der Waals surface area contributed by atoms with E-state index in [4.69, 9.17) is 0 Å². The van der Waals surface area contributed by atoms with Crippen molar-refractivity contribution < 1.29 is 13.2 Å². The topological polar surface area (TPSA) is 25.8 Å². The predicted molar refractivity (Wildman–Crippen MR) is 75.7 cm³/mol. The highest BCUT2D eigenvalue weighted by Crippen LogP contribution is 2.30. The summed E-state index contributed by atoms with van der Waals surface area (Å²) in [6.07, 6.45) is 3.53. The van der Waals surface area contributed by atoms with Gasteiger partial charge in [0.15, 0.2) is 5.82 Å². The zero-order chi connectivity index (χ0) is 15.3. The Hall–Kier alpha value is -1.91. The summed E-state index contributed by atoms with van der Waals surface area (Å²) < 4.78 is 37.5. The fourth-order valence-electron chi connectivity index (χ4n) is 2.02. The average molecular weight is 294 g/mol. The molecule has 0 atom stereocenters. The predicted octanol–water partition coefficient (Wildman–Crippen LogP) is 4.90. The summed E-state index contributed by atoms with van der Waals surface area (Å²) in [6.45, 7) is 2.14. The number of benzene rings is 1. The van der Waals surface area contributed by atoms with Gasteiger partial charge in [-0.05, 0) is 30.5 Å². The minimum absolute atomic E-state index is 0.447. The van der Waals surface area contributed by atoms with Gasteiger partial charge in [-0.25, -0.2) is 9.97 Å². The van der Waals surface area contributed by atoms with Crippen LogP contribution in [-0.2, 0) is 12.6 Å². The van der Waals surface area contributed by atoms with Crippen LogP contribution in [0, 0.1) is 0 Å². The second kappa shape index (κ2) is 6.70. The Kier molecular flexibility index (Phi) is 4.94. The van der Waals surface area contributed by atoms with Crippen LogP contribution in [0.15, 0.2) is 36.7 Å². The minimum atomic E-state index is -4.32. The van der Waals surface area contributed by atoms with Crippen molar-refractivity contribution in [3.63, 3.8) is 0 Å². The maximum Gasteiger partial charge on any atom is 0.416 e. The number of alkyl halides is 3. The summed E-state index contributed by atoms with van der Waals surface area (Å²) in [5.74, 6) is 0.447. The van der Waals surface area contributed by atoms with Crippen molar-refractivity contribution in [2.24, 2.45) is 0 Å². The van der Waals surface area contributed by atoms with Crippen LogP contribution in [0.3, 0.4) is 0 Å². The number of rotatable bonds is 5. The van der Waals surface area contributed by atoms with Gasteiger partial charge in [0, 0.05) is 18.0 Å². The summed E-state index contributed by atoms with van der Waals surface area (Å²) >= 11 is 0. The maximum atomic E-state index is 12.5. The molecule has 0 amide bonds. The van der Waals surface area contributed by atoms with E-state index in [9.17, 15) is 13.2 Å². The molecule has 112 valence electrons. The van der Waals surface area contributed by atoms with Gasteiger partial charge in [-0.3, -0.25) is 0 Å². The molecular formula is C16H17F3N2. The second-order valence-corrected chi connectivity index (χ2v) is 4.95. The van der Waals surface area contributed by atoms with Crippen molar-refractivity contribution in [1.82, 2.24) is 9.97 Å². The van der Waals surface area contributed by atoms with Gasteiger partial charge >= 0.3 is 6.18 Å². The van der Waals surface area contributed by atoms with Crippen molar-refractivity contribution in [3.8, 4) is 11.4 Å². The molecule has 0 unspecified atom stereocenters. The summed E-state index contributed by atoms with van der Waals surface area (Å²) in [5.41, 5.74) is 0.977. The van der Waals surface area contributed by atoms with E-state index in [-0.39, 0.29) is 0 Å². The molecule has 2 rings (SSSR count). The Morgan fingerprint density at radius 2 is 1.57 bits per heavy atom. The molecule has 0 radical (unpaired) electrons. The Balaban J connectivity index is 2.08. The Bertz CT molecular complexity index is 560. The molecule has 2 aromatic rings. The van der Waals surface area contributed by atoms with Crippen LogP contribution in [0.4, 0.5) is 13.2 Å². The SMILES string of the molecule is CCCCCc1cnc(-c2ccc(C(F)(F)F)cc2)nc1. The van der Waals surface area contributed by atoms with E-state index in [1.54, 1.807) is 12.4 Å². The van der Waals surface area contributed by atoms with E-state index in [1.807, 2.05) is 0 Å². The Morgan fingerprint density at radius 3 is 2.10 bits per heavy atom. The summed E-state index contributed by atoms with van der Waals surface area (Å²) in [4.78, 5) is 8.45. The van der Waals surface area contributed by atoms with Gasteiger partial charge in [-0.1, -0.05) is 31.9 Å². The zero-order valence-corrected chi connectivity index (χ0v) is 11.8. The third kappa shape index (κ3) is 4.28. The number of aromatic nitrogens is 2. The molecule has 1 aromatic carbocycles. The molecule has 0 N–H and O–H groups in total. The number of aryl methyl sites for hydroxylation is 1. The Morgan fingerprint density at radius 1 is 0.952 bits per heavy atom. The van der Waals surface area contributed by atoms with E-state index >= 15 is 0 Å². The molecule has 2 nitrogen and oxygen atoms in total. The first kappa shape index (κ1) is 15.5. The fraction of sp³-hybridized carbons (Fsp3) is 0.375. The van der Waals surface area contributed by atoms with Crippen molar-refractivity contribution >= 4 is 0 Å². The van der Waals surface area contributed by atoms with Crippen molar-refractivity contribution in [2.75, 3.05) is 0 Å². The Labute approximate surface area is 122 Å². The van der Waals surface area contributed by atoms with Gasteiger partial charge in [-0.15, -0.1) is 0 Å². The monoisotopic (exact) mass is 294 g/mol. The van der Waals surface area contributed by atoms with E-state index < -0.39 is 11.7 Å². The molecule has 0 fully saturated rings. The van der Waals surface area contributed by atoms with Gasteiger partial charge < -0.3 is 0 Å². The molecule has 0 spiro atoms. The normalized spacial score (nSPS) is 11.6. The van der Waals surface area contributed by atoms with Crippen LogP contribution in [0.5, 0.6) is 0 Å². The molecule has 5 heteroatoms. The number of hydrogen-bond acceptors (Lipinski definition) is 2. The van der Waals surface area contributed by atoms with Crippen LogP contribution in [0.1, 0.15) is 37.3 Å². The lowest BCUT2D eigenvalue weighted by Gasteiger charge is -2.07. The number of hydrogen-bond donors (Lipinski definition) is 0. The zero-order valence-electron chi connectivity index (χ0n) is 11.8. The highest BCUT2D eigenvalue weighted by atomic mass is 19.4. The smallest absolute Gasteiger partial charge is 0.236 e. The minimum Gasteiger partial charge on any atom is -0.236 e. The molecule has 0 saturated carbocycles. The molecule has 21 heavy (non-hydrogen) atoms. The molecule has 0 saturated heterocycles. The van der Waals surface area contributed by atoms with E-state index in [0.717, 1.165) is 37.0 Å².